The monoisotopic (exact) mass is 513 g/mol. The van der Waals surface area contributed by atoms with Crippen LogP contribution in [0.3, 0.4) is 0 Å². The number of para-hydroxylation sites is 1. The molecule has 1 unspecified atom stereocenters. The number of imidazole rings is 1. The van der Waals surface area contributed by atoms with Crippen molar-refractivity contribution in [1.82, 2.24) is 28.9 Å². The first-order chi connectivity index (χ1) is 18.5. The molecular weight excluding hydrogens is 482 g/mol. The molecule has 10 heteroatoms. The Hall–Kier alpha value is -4.44. The molecule has 10 nitrogen and oxygen atoms in total. The molecule has 1 aliphatic rings. The first kappa shape index (κ1) is 25.2. The quantitative estimate of drug-likeness (QED) is 0.360. The summed E-state index contributed by atoms with van der Waals surface area (Å²) in [6, 6.07) is 16.5. The molecule has 2 N–H and O–H groups in total. The highest BCUT2D eigenvalue weighted by Crippen LogP contribution is 2.28. The van der Waals surface area contributed by atoms with E-state index in [1.54, 1.807) is 39.8 Å². The van der Waals surface area contributed by atoms with Crippen molar-refractivity contribution in [1.29, 1.82) is 0 Å². The van der Waals surface area contributed by atoms with Gasteiger partial charge in [0.15, 0.2) is 11.5 Å². The number of amides is 1. The van der Waals surface area contributed by atoms with Crippen LogP contribution in [0.15, 0.2) is 77.9 Å². The molecule has 3 heterocycles. The Bertz CT molecular complexity index is 1510. The van der Waals surface area contributed by atoms with Crippen molar-refractivity contribution in [3.63, 3.8) is 0 Å². The molecular formula is C28H31N7O3. The highest BCUT2D eigenvalue weighted by molar-refractivity contribution is 5.88. The molecule has 0 spiro atoms. The van der Waals surface area contributed by atoms with E-state index in [0.717, 1.165) is 12.3 Å². The first-order valence-corrected chi connectivity index (χ1v) is 12.7. The molecule has 1 saturated heterocycles. The highest BCUT2D eigenvalue weighted by Gasteiger charge is 2.31. The number of hydrogen-bond acceptors (Lipinski definition) is 7. The zero-order valence-electron chi connectivity index (χ0n) is 21.5. The van der Waals surface area contributed by atoms with Crippen molar-refractivity contribution in [2.45, 2.75) is 19.4 Å². The molecule has 1 amide bonds. The van der Waals surface area contributed by atoms with Gasteiger partial charge in [-0.2, -0.15) is 0 Å². The van der Waals surface area contributed by atoms with Crippen LogP contribution in [0.4, 0.5) is 5.82 Å². The summed E-state index contributed by atoms with van der Waals surface area (Å²) in [5.41, 5.74) is 7.49. The summed E-state index contributed by atoms with van der Waals surface area (Å²) in [4.78, 5) is 39.0. The number of nitrogens with two attached hydrogens (primary N) is 1. The Morgan fingerprint density at radius 3 is 2.61 bits per heavy atom. The molecule has 2 aromatic heterocycles. The number of likely N-dealkylation sites (N-methyl/N-ethyl adjacent to an activating group) is 1. The molecule has 0 radical (unpaired) electrons. The maximum absolute atomic E-state index is 13.8. The van der Waals surface area contributed by atoms with E-state index >= 15 is 0 Å². The number of aromatic nitrogens is 4. The van der Waals surface area contributed by atoms with Gasteiger partial charge in [-0.15, -0.1) is 0 Å². The van der Waals surface area contributed by atoms with Gasteiger partial charge in [-0.3, -0.25) is 13.9 Å². The number of carbonyl (C=O) groups excluding carboxylic acids is 1. The summed E-state index contributed by atoms with van der Waals surface area (Å²) >= 11 is 0. The Morgan fingerprint density at radius 2 is 1.87 bits per heavy atom. The van der Waals surface area contributed by atoms with Crippen molar-refractivity contribution >= 4 is 22.9 Å². The van der Waals surface area contributed by atoms with Gasteiger partial charge in [0.25, 0.3) is 0 Å². The number of rotatable bonds is 8. The zero-order chi connectivity index (χ0) is 26.6. The van der Waals surface area contributed by atoms with Gasteiger partial charge >= 0.3 is 5.69 Å². The highest BCUT2D eigenvalue weighted by atomic mass is 16.5. The molecule has 196 valence electrons. The molecule has 1 atom stereocenters. The Morgan fingerprint density at radius 1 is 1.13 bits per heavy atom. The number of hydrogen-bond donors (Lipinski definition) is 1. The largest absolute Gasteiger partial charge is 0.457 e. The van der Waals surface area contributed by atoms with Crippen molar-refractivity contribution in [2.75, 3.05) is 39.0 Å². The smallest absolute Gasteiger partial charge is 0.335 e. The van der Waals surface area contributed by atoms with Crippen LogP contribution in [-0.4, -0.2) is 68.0 Å². The SMILES string of the molecule is CCN(C)C/C=C/C(=O)N1CCC(n2c(=O)n(-c3ccc(Oc4ccccc4)cc3)c3c(N)ncnc32)C1. The average molecular weight is 514 g/mol. The predicted octanol–water partition coefficient (Wildman–Crippen LogP) is 3.24. The van der Waals surface area contributed by atoms with Crippen LogP contribution in [0.1, 0.15) is 19.4 Å². The van der Waals surface area contributed by atoms with Crippen molar-refractivity contribution in [2.24, 2.45) is 0 Å². The number of carbonyl (C=O) groups is 1. The van der Waals surface area contributed by atoms with Gasteiger partial charge in [-0.25, -0.2) is 14.8 Å². The van der Waals surface area contributed by atoms with Crippen LogP contribution in [0, 0.1) is 0 Å². The minimum absolute atomic E-state index is 0.0584. The fourth-order valence-electron chi connectivity index (χ4n) is 4.64. The van der Waals surface area contributed by atoms with Crippen LogP contribution in [0.2, 0.25) is 0 Å². The topological polar surface area (TPSA) is 112 Å². The molecule has 1 aliphatic heterocycles. The summed E-state index contributed by atoms with van der Waals surface area (Å²) in [6.45, 7) is 4.66. The number of anilines is 1. The van der Waals surface area contributed by atoms with Gasteiger partial charge in [-0.1, -0.05) is 31.2 Å². The maximum atomic E-state index is 13.8. The van der Waals surface area contributed by atoms with E-state index in [4.69, 9.17) is 10.5 Å². The minimum atomic E-state index is -0.275. The van der Waals surface area contributed by atoms with Crippen molar-refractivity contribution in [3.05, 3.63) is 83.6 Å². The number of fused-ring (bicyclic) bond motifs is 1. The molecule has 1 fully saturated rings. The summed E-state index contributed by atoms with van der Waals surface area (Å²) in [5, 5.41) is 0. The lowest BCUT2D eigenvalue weighted by molar-refractivity contribution is -0.125. The van der Waals surface area contributed by atoms with Crippen LogP contribution >= 0.6 is 0 Å². The third-order valence-electron chi connectivity index (χ3n) is 6.81. The van der Waals surface area contributed by atoms with Crippen LogP contribution in [0.25, 0.3) is 16.9 Å². The molecule has 0 saturated carbocycles. The summed E-state index contributed by atoms with van der Waals surface area (Å²) in [5.74, 6) is 1.52. The second-order valence-corrected chi connectivity index (χ2v) is 9.31. The fraction of sp³-hybridized carbons (Fsp3) is 0.286. The lowest BCUT2D eigenvalue weighted by atomic mass is 10.2. The normalized spacial score (nSPS) is 15.7. The van der Waals surface area contributed by atoms with Gasteiger partial charge in [0.05, 0.1) is 11.7 Å². The van der Waals surface area contributed by atoms with E-state index in [2.05, 4.69) is 21.8 Å². The maximum Gasteiger partial charge on any atom is 0.335 e. The Kier molecular flexibility index (Phi) is 7.23. The minimum Gasteiger partial charge on any atom is -0.457 e. The van der Waals surface area contributed by atoms with Gasteiger partial charge in [0.2, 0.25) is 5.91 Å². The van der Waals surface area contributed by atoms with Gasteiger partial charge in [0, 0.05) is 25.7 Å². The Labute approximate surface area is 220 Å². The number of benzene rings is 2. The van der Waals surface area contributed by atoms with E-state index < -0.39 is 0 Å². The second-order valence-electron chi connectivity index (χ2n) is 9.31. The van der Waals surface area contributed by atoms with E-state index in [9.17, 15) is 9.59 Å². The third kappa shape index (κ3) is 5.03. The molecule has 38 heavy (non-hydrogen) atoms. The van der Waals surface area contributed by atoms with E-state index in [0.29, 0.717) is 48.7 Å². The molecule has 4 aromatic rings. The lowest BCUT2D eigenvalue weighted by Crippen LogP contribution is -2.31. The molecule has 5 rings (SSSR count). The van der Waals surface area contributed by atoms with Crippen LogP contribution in [-0.2, 0) is 4.79 Å². The Balaban J connectivity index is 1.43. The number of nitrogen functional groups attached to an aromatic ring is 1. The van der Waals surface area contributed by atoms with Gasteiger partial charge in [0.1, 0.15) is 23.3 Å². The van der Waals surface area contributed by atoms with E-state index in [1.807, 2.05) is 43.5 Å². The average Bonchev–Trinajstić information content (AvgIpc) is 3.52. The zero-order valence-corrected chi connectivity index (χ0v) is 21.5. The van der Waals surface area contributed by atoms with Crippen molar-refractivity contribution < 1.29 is 9.53 Å². The van der Waals surface area contributed by atoms with Gasteiger partial charge < -0.3 is 20.3 Å². The fourth-order valence-corrected chi connectivity index (χ4v) is 4.64. The third-order valence-corrected chi connectivity index (χ3v) is 6.81. The van der Waals surface area contributed by atoms with E-state index in [1.165, 1.54) is 10.9 Å². The molecule has 2 aromatic carbocycles. The van der Waals surface area contributed by atoms with Crippen LogP contribution in [0.5, 0.6) is 11.5 Å². The number of likely N-dealkylation sites (tertiary alicyclic amines) is 1. The molecule has 0 aliphatic carbocycles. The van der Waals surface area contributed by atoms with Gasteiger partial charge in [-0.05, 0) is 56.4 Å². The van der Waals surface area contributed by atoms with Crippen LogP contribution < -0.4 is 16.2 Å². The standard InChI is InChI=1S/C28H31N7O3/c1-3-32(2)16-7-10-24(36)33-17-15-21(18-33)35-27-25(26(29)30-19-31-27)34(28(35)37)20-11-13-23(14-12-20)38-22-8-5-4-6-9-22/h4-14,19,21H,3,15-18H2,1-2H3,(H2,29,30,31)/b10-7+. The summed E-state index contributed by atoms with van der Waals surface area (Å²) in [7, 11) is 2.00. The second kappa shape index (κ2) is 10.9. The van der Waals surface area contributed by atoms with Crippen molar-refractivity contribution in [3.8, 4) is 17.2 Å². The lowest BCUT2D eigenvalue weighted by Gasteiger charge is -2.15. The predicted molar refractivity (Wildman–Crippen MR) is 147 cm³/mol. The first-order valence-electron chi connectivity index (χ1n) is 12.7. The van der Waals surface area contributed by atoms with E-state index in [-0.39, 0.29) is 23.5 Å². The summed E-state index contributed by atoms with van der Waals surface area (Å²) in [6.07, 6.45) is 5.48. The number of ether oxygens (including phenoxy) is 1. The summed E-state index contributed by atoms with van der Waals surface area (Å²) < 4.78 is 9.06. The number of nitrogens with zero attached hydrogens (tertiary/aromatic N) is 6. The molecule has 0 bridgehead atoms.